The van der Waals surface area contributed by atoms with Crippen molar-refractivity contribution in [2.75, 3.05) is 18.8 Å². The number of halogens is 3. The third kappa shape index (κ3) is 6.01. The second-order valence-electron chi connectivity index (χ2n) is 6.73. The number of nitrogens with one attached hydrogen (secondary N) is 2. The van der Waals surface area contributed by atoms with Gasteiger partial charge in [0, 0.05) is 16.9 Å². The standard InChI is InChI=1S/C20H21F3N2OS/c21-20(22,23)16-7-4-8-18(11-16)27-14-19(26)24-17-9-10-25(13-17)12-15-5-2-1-3-6-15/h1-8,11,17H,9-10,12-14H2,(H,24,26)/p+1/t17-/m0/s1. The van der Waals surface area contributed by atoms with Gasteiger partial charge in [0.05, 0.1) is 30.4 Å². The van der Waals surface area contributed by atoms with Gasteiger partial charge < -0.3 is 10.2 Å². The molecule has 2 aromatic rings. The Morgan fingerprint density at radius 3 is 2.67 bits per heavy atom. The lowest BCUT2D eigenvalue weighted by Gasteiger charge is -2.14. The number of thioether (sulfide) groups is 1. The molecule has 1 heterocycles. The number of amides is 1. The number of likely N-dealkylation sites (tertiary alicyclic amines) is 1. The third-order valence-electron chi connectivity index (χ3n) is 4.57. The molecule has 0 aliphatic carbocycles. The van der Waals surface area contributed by atoms with E-state index in [0.717, 1.165) is 49.9 Å². The van der Waals surface area contributed by atoms with Gasteiger partial charge >= 0.3 is 6.18 Å². The van der Waals surface area contributed by atoms with Crippen LogP contribution in [-0.4, -0.2) is 30.8 Å². The molecule has 0 bridgehead atoms. The zero-order valence-corrected chi connectivity index (χ0v) is 15.6. The summed E-state index contributed by atoms with van der Waals surface area (Å²) in [5.41, 5.74) is 0.587. The molecule has 0 aromatic heterocycles. The van der Waals surface area contributed by atoms with E-state index in [9.17, 15) is 18.0 Å². The van der Waals surface area contributed by atoms with Gasteiger partial charge in [-0.15, -0.1) is 11.8 Å². The van der Waals surface area contributed by atoms with Gasteiger partial charge in [-0.25, -0.2) is 0 Å². The van der Waals surface area contributed by atoms with Crippen LogP contribution in [0.2, 0.25) is 0 Å². The topological polar surface area (TPSA) is 33.5 Å². The molecule has 1 unspecified atom stereocenters. The highest BCUT2D eigenvalue weighted by molar-refractivity contribution is 8.00. The van der Waals surface area contributed by atoms with E-state index in [0.29, 0.717) is 4.90 Å². The minimum atomic E-state index is -4.37. The SMILES string of the molecule is O=C(CSc1cccc(C(F)(F)F)c1)N[C@H]1CC[NH+](Cc2ccccc2)C1. The molecule has 0 radical (unpaired) electrons. The highest BCUT2D eigenvalue weighted by Crippen LogP contribution is 2.31. The lowest BCUT2D eigenvalue weighted by molar-refractivity contribution is -0.901. The Balaban J connectivity index is 1.44. The molecule has 1 fully saturated rings. The van der Waals surface area contributed by atoms with E-state index >= 15 is 0 Å². The van der Waals surface area contributed by atoms with Gasteiger partial charge in [-0.05, 0) is 18.2 Å². The first-order valence-corrected chi connectivity index (χ1v) is 9.85. The molecule has 2 aromatic carbocycles. The van der Waals surface area contributed by atoms with Crippen LogP contribution < -0.4 is 10.2 Å². The Morgan fingerprint density at radius 2 is 1.93 bits per heavy atom. The lowest BCUT2D eigenvalue weighted by atomic mass is 10.2. The predicted molar refractivity (Wildman–Crippen MR) is 99.6 cm³/mol. The summed E-state index contributed by atoms with van der Waals surface area (Å²) >= 11 is 1.13. The molecule has 7 heteroatoms. The summed E-state index contributed by atoms with van der Waals surface area (Å²) in [7, 11) is 0. The summed E-state index contributed by atoms with van der Waals surface area (Å²) in [6, 6.07) is 15.4. The van der Waals surface area contributed by atoms with Crippen LogP contribution in [0.4, 0.5) is 13.2 Å². The first-order chi connectivity index (χ1) is 12.9. The maximum absolute atomic E-state index is 12.7. The van der Waals surface area contributed by atoms with Gasteiger partial charge in [0.2, 0.25) is 5.91 Å². The van der Waals surface area contributed by atoms with Crippen LogP contribution in [-0.2, 0) is 17.5 Å². The molecule has 3 rings (SSSR count). The summed E-state index contributed by atoms with van der Waals surface area (Å²) in [6.07, 6.45) is -3.45. The molecule has 144 valence electrons. The van der Waals surface area contributed by atoms with Crippen molar-refractivity contribution in [2.24, 2.45) is 0 Å². The number of hydrogen-bond acceptors (Lipinski definition) is 2. The Morgan fingerprint density at radius 1 is 1.15 bits per heavy atom. The van der Waals surface area contributed by atoms with Crippen LogP contribution in [0.1, 0.15) is 17.5 Å². The monoisotopic (exact) mass is 395 g/mol. The molecule has 0 saturated carbocycles. The molecule has 2 N–H and O–H groups in total. The van der Waals surface area contributed by atoms with E-state index < -0.39 is 11.7 Å². The van der Waals surface area contributed by atoms with Crippen molar-refractivity contribution >= 4 is 17.7 Å². The largest absolute Gasteiger partial charge is 0.416 e. The lowest BCUT2D eigenvalue weighted by Crippen LogP contribution is -3.09. The smallest absolute Gasteiger partial charge is 0.347 e. The second-order valence-corrected chi connectivity index (χ2v) is 7.78. The van der Waals surface area contributed by atoms with Gasteiger partial charge in [-0.1, -0.05) is 36.4 Å². The zero-order chi connectivity index (χ0) is 19.3. The number of quaternary nitrogens is 1. The minimum absolute atomic E-state index is 0.117. The fourth-order valence-corrected chi connectivity index (χ4v) is 4.05. The molecule has 1 saturated heterocycles. The number of hydrogen-bond donors (Lipinski definition) is 2. The van der Waals surface area contributed by atoms with Crippen LogP contribution in [0.15, 0.2) is 59.5 Å². The van der Waals surface area contributed by atoms with E-state index in [-0.39, 0.29) is 17.7 Å². The van der Waals surface area contributed by atoms with Gasteiger partial charge in [0.15, 0.2) is 0 Å². The van der Waals surface area contributed by atoms with Crippen LogP contribution in [0, 0.1) is 0 Å². The number of alkyl halides is 3. The van der Waals surface area contributed by atoms with Gasteiger partial charge in [-0.3, -0.25) is 4.79 Å². The van der Waals surface area contributed by atoms with E-state index in [1.165, 1.54) is 16.5 Å². The van der Waals surface area contributed by atoms with Crippen molar-refractivity contribution in [3.05, 3.63) is 65.7 Å². The van der Waals surface area contributed by atoms with Gasteiger partial charge in [0.25, 0.3) is 0 Å². The van der Waals surface area contributed by atoms with Crippen molar-refractivity contribution in [1.29, 1.82) is 0 Å². The van der Waals surface area contributed by atoms with Crippen LogP contribution in [0.3, 0.4) is 0 Å². The maximum Gasteiger partial charge on any atom is 0.416 e. The summed E-state index contributed by atoms with van der Waals surface area (Å²) in [6.45, 7) is 2.81. The van der Waals surface area contributed by atoms with E-state index in [1.807, 2.05) is 18.2 Å². The van der Waals surface area contributed by atoms with Crippen LogP contribution in [0.5, 0.6) is 0 Å². The van der Waals surface area contributed by atoms with E-state index in [1.54, 1.807) is 6.07 Å². The molecule has 27 heavy (non-hydrogen) atoms. The molecule has 1 aliphatic heterocycles. The fourth-order valence-electron chi connectivity index (χ4n) is 3.28. The van der Waals surface area contributed by atoms with Gasteiger partial charge in [0.1, 0.15) is 6.54 Å². The van der Waals surface area contributed by atoms with Crippen LogP contribution >= 0.6 is 11.8 Å². The molecule has 1 aliphatic rings. The Labute approximate surface area is 160 Å². The number of carbonyl (C=O) groups is 1. The summed E-state index contributed by atoms with van der Waals surface area (Å²) < 4.78 is 38.2. The summed E-state index contributed by atoms with van der Waals surface area (Å²) in [5.74, 6) is -0.0189. The molecule has 2 atom stereocenters. The van der Waals surface area contributed by atoms with Crippen molar-refractivity contribution in [2.45, 2.75) is 30.1 Å². The molecule has 3 nitrogen and oxygen atoms in total. The normalized spacial score (nSPS) is 19.8. The van der Waals surface area contributed by atoms with E-state index in [4.69, 9.17) is 0 Å². The quantitative estimate of drug-likeness (QED) is 0.738. The molecule has 0 spiro atoms. The van der Waals surface area contributed by atoms with Crippen LogP contribution in [0.25, 0.3) is 0 Å². The first kappa shape index (κ1) is 19.8. The minimum Gasteiger partial charge on any atom is -0.347 e. The highest BCUT2D eigenvalue weighted by atomic mass is 32.2. The van der Waals surface area contributed by atoms with Crippen molar-refractivity contribution in [1.82, 2.24) is 5.32 Å². The number of benzene rings is 2. The second kappa shape index (κ2) is 8.80. The third-order valence-corrected chi connectivity index (χ3v) is 5.57. The highest BCUT2D eigenvalue weighted by Gasteiger charge is 2.30. The first-order valence-electron chi connectivity index (χ1n) is 8.87. The molecule has 1 amide bonds. The molecular weight excluding hydrogens is 373 g/mol. The predicted octanol–water partition coefficient (Wildman–Crippen LogP) is 2.77. The zero-order valence-electron chi connectivity index (χ0n) is 14.8. The summed E-state index contributed by atoms with van der Waals surface area (Å²) in [5, 5.41) is 3.01. The Hall–Kier alpha value is -1.99. The van der Waals surface area contributed by atoms with Crippen molar-refractivity contribution < 1.29 is 22.9 Å². The Kier molecular flexibility index (Phi) is 6.44. The Bertz CT molecular complexity index is 767. The number of carbonyl (C=O) groups excluding carboxylic acids is 1. The average molecular weight is 395 g/mol. The maximum atomic E-state index is 12.7. The fraction of sp³-hybridized carbons (Fsp3) is 0.350. The number of rotatable bonds is 6. The van der Waals surface area contributed by atoms with Crippen molar-refractivity contribution in [3.8, 4) is 0 Å². The van der Waals surface area contributed by atoms with E-state index in [2.05, 4.69) is 17.4 Å². The molecular formula is C20H22F3N2OS+. The average Bonchev–Trinajstić information content (AvgIpc) is 3.07. The van der Waals surface area contributed by atoms with Crippen molar-refractivity contribution in [3.63, 3.8) is 0 Å². The summed E-state index contributed by atoms with van der Waals surface area (Å²) in [4.78, 5) is 14.0. The van der Waals surface area contributed by atoms with Gasteiger partial charge in [-0.2, -0.15) is 13.2 Å².